The van der Waals surface area contributed by atoms with Crippen LogP contribution in [0, 0.1) is 16.0 Å². The van der Waals surface area contributed by atoms with Gasteiger partial charge in [0, 0.05) is 17.5 Å². The Balaban J connectivity index is 2.54. The Bertz CT molecular complexity index is 817. The van der Waals surface area contributed by atoms with Crippen molar-refractivity contribution in [1.82, 2.24) is 10.6 Å². The van der Waals surface area contributed by atoms with E-state index in [1.807, 2.05) is 13.8 Å². The van der Waals surface area contributed by atoms with Crippen molar-refractivity contribution >= 4 is 17.7 Å². The van der Waals surface area contributed by atoms with Gasteiger partial charge in [-0.2, -0.15) is 0 Å². The molecule has 0 fully saturated rings. The molecular weight excluding hydrogens is 358 g/mol. The highest BCUT2D eigenvalue weighted by atomic mass is 16.6. The SMILES string of the molecule is COc1cc(C2NC(=O)NC(C)=C2C(=O)OCC(C)C)cc([N+](=O)[O-])c1[O-]. The molecule has 10 nitrogen and oxygen atoms in total. The first-order valence-electron chi connectivity index (χ1n) is 8.14. The van der Waals surface area contributed by atoms with Crippen molar-refractivity contribution in [2.45, 2.75) is 26.8 Å². The molecule has 0 bridgehead atoms. The molecule has 10 heteroatoms. The van der Waals surface area contributed by atoms with E-state index >= 15 is 0 Å². The highest BCUT2D eigenvalue weighted by Crippen LogP contribution is 2.39. The molecule has 2 rings (SSSR count). The maximum Gasteiger partial charge on any atom is 0.338 e. The molecule has 1 aliphatic heterocycles. The number of methoxy groups -OCH3 is 1. The number of benzene rings is 1. The minimum atomic E-state index is -1.04. The van der Waals surface area contributed by atoms with Crippen LogP contribution in [0.1, 0.15) is 32.4 Å². The molecule has 1 atom stereocenters. The van der Waals surface area contributed by atoms with Crippen LogP contribution in [0.4, 0.5) is 10.5 Å². The van der Waals surface area contributed by atoms with Crippen molar-refractivity contribution < 1.29 is 29.1 Å². The van der Waals surface area contributed by atoms with Crippen LogP contribution in [0.5, 0.6) is 11.5 Å². The zero-order valence-electron chi connectivity index (χ0n) is 15.3. The van der Waals surface area contributed by atoms with Gasteiger partial charge in [0.2, 0.25) is 0 Å². The first-order valence-corrected chi connectivity index (χ1v) is 8.14. The fourth-order valence-electron chi connectivity index (χ4n) is 2.60. The lowest BCUT2D eigenvalue weighted by Gasteiger charge is -2.29. The summed E-state index contributed by atoms with van der Waals surface area (Å²) in [5.74, 6) is -1.73. The molecule has 2 amide bonds. The summed E-state index contributed by atoms with van der Waals surface area (Å²) in [4.78, 5) is 34.8. The van der Waals surface area contributed by atoms with Crippen molar-refractivity contribution in [3.63, 3.8) is 0 Å². The predicted molar refractivity (Wildman–Crippen MR) is 92.0 cm³/mol. The molecule has 1 aromatic rings. The fraction of sp³-hybridized carbons (Fsp3) is 0.412. The van der Waals surface area contributed by atoms with Crippen LogP contribution >= 0.6 is 0 Å². The fourth-order valence-corrected chi connectivity index (χ4v) is 2.60. The standard InChI is InChI=1S/C17H21N3O7/c1-8(2)7-27-16(22)13-9(3)18-17(23)19-14(13)10-5-11(20(24)25)15(21)12(6-10)26-4/h5-6,8,14,21H,7H2,1-4H3,(H2,18,19,23)/p-1. The number of amides is 2. The molecule has 0 aromatic heterocycles. The molecule has 0 radical (unpaired) electrons. The Morgan fingerprint density at radius 2 is 2.04 bits per heavy atom. The zero-order chi connectivity index (χ0) is 20.3. The van der Waals surface area contributed by atoms with Gasteiger partial charge in [0.1, 0.15) is 5.75 Å². The van der Waals surface area contributed by atoms with Gasteiger partial charge in [0.05, 0.1) is 30.3 Å². The number of carbonyl (C=O) groups is 2. The first kappa shape index (κ1) is 20.0. The average molecular weight is 378 g/mol. The third-order valence-corrected chi connectivity index (χ3v) is 3.84. The Hall–Kier alpha value is -3.30. The van der Waals surface area contributed by atoms with Crippen molar-refractivity contribution in [2.75, 3.05) is 13.7 Å². The van der Waals surface area contributed by atoms with E-state index < -0.39 is 34.4 Å². The molecule has 1 aromatic carbocycles. The topological polar surface area (TPSA) is 143 Å². The lowest BCUT2D eigenvalue weighted by Crippen LogP contribution is -2.45. The number of hydrogen-bond donors (Lipinski definition) is 2. The molecule has 0 saturated carbocycles. The first-order chi connectivity index (χ1) is 12.6. The number of ether oxygens (including phenoxy) is 2. The second-order valence-corrected chi connectivity index (χ2v) is 6.39. The second kappa shape index (κ2) is 7.94. The number of nitro groups is 1. The van der Waals surface area contributed by atoms with Crippen molar-refractivity contribution in [3.8, 4) is 11.5 Å². The molecule has 1 aliphatic rings. The lowest BCUT2D eigenvalue weighted by molar-refractivity contribution is -0.398. The van der Waals surface area contributed by atoms with Crippen LogP contribution in [0.3, 0.4) is 0 Å². The van der Waals surface area contributed by atoms with E-state index in [0.717, 1.165) is 6.07 Å². The second-order valence-electron chi connectivity index (χ2n) is 6.39. The van der Waals surface area contributed by atoms with Gasteiger partial charge in [0.25, 0.3) is 5.69 Å². The number of rotatable bonds is 6. The quantitative estimate of drug-likeness (QED) is 0.434. The minimum absolute atomic E-state index is 0.0882. The van der Waals surface area contributed by atoms with Crippen LogP contribution in [0.25, 0.3) is 0 Å². The Labute approximate surface area is 155 Å². The Morgan fingerprint density at radius 3 is 2.59 bits per heavy atom. The average Bonchev–Trinajstić information content (AvgIpc) is 2.58. The number of carbonyl (C=O) groups excluding carboxylic acids is 2. The van der Waals surface area contributed by atoms with Gasteiger partial charge in [-0.3, -0.25) is 10.1 Å². The van der Waals surface area contributed by atoms with Crippen molar-refractivity contribution in [1.29, 1.82) is 0 Å². The van der Waals surface area contributed by atoms with Crippen molar-refractivity contribution in [2.24, 2.45) is 5.92 Å². The molecule has 146 valence electrons. The van der Waals surface area contributed by atoms with Crippen LogP contribution in [-0.4, -0.2) is 30.6 Å². The number of nitrogens with one attached hydrogen (secondary N) is 2. The van der Waals surface area contributed by atoms with Crippen LogP contribution in [0.2, 0.25) is 0 Å². The monoisotopic (exact) mass is 378 g/mol. The highest BCUT2D eigenvalue weighted by Gasteiger charge is 2.33. The van der Waals surface area contributed by atoms with Crippen molar-refractivity contribution in [3.05, 3.63) is 39.1 Å². The molecule has 0 spiro atoms. The number of nitro benzene ring substituents is 1. The van der Waals surface area contributed by atoms with Crippen LogP contribution in [0.15, 0.2) is 23.4 Å². The molecule has 27 heavy (non-hydrogen) atoms. The maximum atomic E-state index is 12.5. The smallest absolute Gasteiger partial charge is 0.338 e. The van der Waals surface area contributed by atoms with E-state index in [9.17, 15) is 24.8 Å². The number of esters is 1. The number of urea groups is 1. The van der Waals surface area contributed by atoms with Gasteiger partial charge < -0.3 is 25.2 Å². The summed E-state index contributed by atoms with van der Waals surface area (Å²) < 4.78 is 10.2. The van der Waals surface area contributed by atoms with Crippen LogP contribution < -0.4 is 20.5 Å². The van der Waals surface area contributed by atoms with Gasteiger partial charge in [-0.25, -0.2) is 9.59 Å². The van der Waals surface area contributed by atoms with Gasteiger partial charge in [-0.05, 0) is 24.5 Å². The number of hydrogen-bond acceptors (Lipinski definition) is 7. The minimum Gasteiger partial charge on any atom is -0.865 e. The Morgan fingerprint density at radius 1 is 1.37 bits per heavy atom. The van der Waals surface area contributed by atoms with E-state index in [1.165, 1.54) is 20.1 Å². The Kier molecular flexibility index (Phi) is 5.88. The van der Waals surface area contributed by atoms with E-state index in [0.29, 0.717) is 0 Å². The van der Waals surface area contributed by atoms with E-state index in [1.54, 1.807) is 0 Å². The van der Waals surface area contributed by atoms with Gasteiger partial charge >= 0.3 is 12.0 Å². The third kappa shape index (κ3) is 4.27. The summed E-state index contributed by atoms with van der Waals surface area (Å²) in [6.07, 6.45) is 0. The van der Waals surface area contributed by atoms with E-state index in [2.05, 4.69) is 10.6 Å². The summed E-state index contributed by atoms with van der Waals surface area (Å²) in [5.41, 5.74) is -0.218. The van der Waals surface area contributed by atoms with Crippen LogP contribution in [-0.2, 0) is 9.53 Å². The van der Waals surface area contributed by atoms with Gasteiger partial charge in [-0.1, -0.05) is 13.8 Å². The largest absolute Gasteiger partial charge is 0.865 e. The third-order valence-electron chi connectivity index (χ3n) is 3.84. The lowest BCUT2D eigenvalue weighted by atomic mass is 9.94. The normalized spacial score (nSPS) is 16.6. The summed E-state index contributed by atoms with van der Waals surface area (Å²) in [5, 5.41) is 28.2. The summed E-state index contributed by atoms with van der Waals surface area (Å²) >= 11 is 0. The molecular formula is C17H20N3O7-. The summed E-state index contributed by atoms with van der Waals surface area (Å²) in [7, 11) is 1.20. The molecule has 1 unspecified atom stereocenters. The highest BCUT2D eigenvalue weighted by molar-refractivity contribution is 5.95. The zero-order valence-corrected chi connectivity index (χ0v) is 15.3. The summed E-state index contributed by atoms with van der Waals surface area (Å²) in [6, 6.07) is 0.649. The number of allylic oxidation sites excluding steroid dienone is 1. The predicted octanol–water partition coefficient (Wildman–Crippen LogP) is 1.50. The molecule has 0 saturated heterocycles. The molecule has 2 N–H and O–H groups in total. The maximum absolute atomic E-state index is 12.5. The van der Waals surface area contributed by atoms with Gasteiger partial charge in [-0.15, -0.1) is 0 Å². The molecule has 0 aliphatic carbocycles. The van der Waals surface area contributed by atoms with Gasteiger partial charge in [0.15, 0.2) is 0 Å². The summed E-state index contributed by atoms with van der Waals surface area (Å²) in [6.45, 7) is 5.42. The van der Waals surface area contributed by atoms with E-state index in [4.69, 9.17) is 9.47 Å². The molecule has 1 heterocycles. The van der Waals surface area contributed by atoms with E-state index in [-0.39, 0.29) is 35.1 Å². The number of nitrogens with zero attached hydrogens (tertiary/aromatic N) is 1.